The van der Waals surface area contributed by atoms with Crippen LogP contribution in [0.5, 0.6) is 0 Å². The molecule has 8 heteroatoms. The first-order chi connectivity index (χ1) is 9.39. The molecule has 0 atom stereocenters. The molecule has 2 N–H and O–H groups in total. The highest BCUT2D eigenvalue weighted by atomic mass is 32.2. The molecular weight excluding hydrogens is 290 g/mol. The second kappa shape index (κ2) is 5.63. The molecule has 1 aliphatic rings. The van der Waals surface area contributed by atoms with Crippen LogP contribution in [-0.4, -0.2) is 39.0 Å². The molecule has 112 valence electrons. The van der Waals surface area contributed by atoms with Gasteiger partial charge in [-0.15, -0.1) is 0 Å². The van der Waals surface area contributed by atoms with Gasteiger partial charge in [0, 0.05) is 19.7 Å². The third-order valence-corrected chi connectivity index (χ3v) is 5.12. The maximum absolute atomic E-state index is 13.9. The molecule has 1 aromatic carbocycles. The Kier molecular flexibility index (Phi) is 4.26. The number of ether oxygens (including phenoxy) is 1. The van der Waals surface area contributed by atoms with Crippen molar-refractivity contribution in [2.45, 2.75) is 23.8 Å². The summed E-state index contributed by atoms with van der Waals surface area (Å²) in [5.41, 5.74) is 4.43. The number of sulfonamides is 1. The van der Waals surface area contributed by atoms with E-state index in [1.54, 1.807) is 0 Å². The minimum Gasteiger partial charge on any atom is -0.394 e. The van der Waals surface area contributed by atoms with Crippen LogP contribution in [0.15, 0.2) is 17.0 Å². The quantitative estimate of drug-likeness (QED) is 0.805. The lowest BCUT2D eigenvalue weighted by Gasteiger charge is -2.22. The summed E-state index contributed by atoms with van der Waals surface area (Å²) in [6.45, 7) is 0.328. The van der Waals surface area contributed by atoms with E-state index in [0.29, 0.717) is 0 Å². The van der Waals surface area contributed by atoms with Crippen LogP contribution in [0.3, 0.4) is 0 Å². The SMILES string of the molecule is COCCN(C1CC1)S(=O)(=O)c1ccc(F)c(N)c1F. The van der Waals surface area contributed by atoms with E-state index >= 15 is 0 Å². The normalized spacial score (nSPS) is 15.8. The second-order valence-corrected chi connectivity index (χ2v) is 6.47. The third kappa shape index (κ3) is 2.77. The van der Waals surface area contributed by atoms with Gasteiger partial charge in [0.1, 0.15) is 16.4 Å². The zero-order valence-electron chi connectivity index (χ0n) is 11.0. The summed E-state index contributed by atoms with van der Waals surface area (Å²) in [5, 5.41) is 0. The fraction of sp³-hybridized carbons (Fsp3) is 0.500. The maximum Gasteiger partial charge on any atom is 0.246 e. The number of methoxy groups -OCH3 is 1. The monoisotopic (exact) mass is 306 g/mol. The maximum atomic E-state index is 13.9. The van der Waals surface area contributed by atoms with Crippen LogP contribution >= 0.6 is 0 Å². The fourth-order valence-electron chi connectivity index (χ4n) is 1.92. The summed E-state index contributed by atoms with van der Waals surface area (Å²) in [6, 6.07) is 1.60. The van der Waals surface area contributed by atoms with Gasteiger partial charge in [-0.25, -0.2) is 17.2 Å². The highest BCUT2D eigenvalue weighted by molar-refractivity contribution is 7.89. The van der Waals surface area contributed by atoms with E-state index in [1.807, 2.05) is 0 Å². The van der Waals surface area contributed by atoms with Gasteiger partial charge in [-0.3, -0.25) is 0 Å². The number of nitrogens with zero attached hydrogens (tertiary/aromatic N) is 1. The summed E-state index contributed by atoms with van der Waals surface area (Å²) in [5.74, 6) is -2.22. The zero-order valence-corrected chi connectivity index (χ0v) is 11.8. The molecule has 0 spiro atoms. The molecule has 0 saturated heterocycles. The van der Waals surface area contributed by atoms with Crippen LogP contribution in [0.4, 0.5) is 14.5 Å². The molecule has 1 fully saturated rings. The van der Waals surface area contributed by atoms with Gasteiger partial charge in [0.15, 0.2) is 5.82 Å². The first-order valence-corrected chi connectivity index (χ1v) is 7.58. The molecular formula is C12H16F2N2O3S. The average Bonchev–Trinajstić information content (AvgIpc) is 3.20. The lowest BCUT2D eigenvalue weighted by atomic mass is 10.3. The van der Waals surface area contributed by atoms with Crippen molar-refractivity contribution >= 4 is 15.7 Å². The number of nitrogen functional groups attached to an aromatic ring is 1. The average molecular weight is 306 g/mol. The van der Waals surface area contributed by atoms with Crippen LogP contribution in [0.2, 0.25) is 0 Å². The highest BCUT2D eigenvalue weighted by Crippen LogP contribution is 2.33. The Morgan fingerprint density at radius 3 is 2.60 bits per heavy atom. The van der Waals surface area contributed by atoms with Crippen molar-refractivity contribution in [3.8, 4) is 0 Å². The van der Waals surface area contributed by atoms with Crippen LogP contribution < -0.4 is 5.73 Å². The number of halogens is 2. The van der Waals surface area contributed by atoms with Crippen molar-refractivity contribution in [3.05, 3.63) is 23.8 Å². The Hall–Kier alpha value is -1.25. The van der Waals surface area contributed by atoms with Gasteiger partial charge in [-0.05, 0) is 25.0 Å². The molecule has 0 aromatic heterocycles. The molecule has 0 bridgehead atoms. The molecule has 5 nitrogen and oxygen atoms in total. The summed E-state index contributed by atoms with van der Waals surface area (Å²) >= 11 is 0. The first kappa shape index (κ1) is 15.1. The zero-order chi connectivity index (χ0) is 14.9. The number of hydrogen-bond acceptors (Lipinski definition) is 4. The van der Waals surface area contributed by atoms with Crippen LogP contribution in [0, 0.1) is 11.6 Å². The van der Waals surface area contributed by atoms with Gasteiger partial charge in [-0.1, -0.05) is 0 Å². The van der Waals surface area contributed by atoms with Gasteiger partial charge in [-0.2, -0.15) is 4.31 Å². The van der Waals surface area contributed by atoms with E-state index in [4.69, 9.17) is 10.5 Å². The van der Waals surface area contributed by atoms with Crippen molar-refractivity contribution in [1.82, 2.24) is 4.31 Å². The minimum atomic E-state index is -4.05. The lowest BCUT2D eigenvalue weighted by molar-refractivity contribution is 0.177. The van der Waals surface area contributed by atoms with Crippen molar-refractivity contribution in [2.24, 2.45) is 0 Å². The van der Waals surface area contributed by atoms with Gasteiger partial charge >= 0.3 is 0 Å². The summed E-state index contributed by atoms with van der Waals surface area (Å²) in [4.78, 5) is -0.598. The Morgan fingerprint density at radius 1 is 1.40 bits per heavy atom. The predicted octanol–water partition coefficient (Wildman–Crippen LogP) is 1.35. The predicted molar refractivity (Wildman–Crippen MR) is 69.6 cm³/mol. The molecule has 2 rings (SSSR count). The van der Waals surface area contributed by atoms with E-state index in [9.17, 15) is 17.2 Å². The van der Waals surface area contributed by atoms with Crippen LogP contribution in [-0.2, 0) is 14.8 Å². The van der Waals surface area contributed by atoms with Crippen LogP contribution in [0.1, 0.15) is 12.8 Å². The fourth-order valence-corrected chi connectivity index (χ4v) is 3.66. The Bertz CT molecular complexity index is 603. The number of anilines is 1. The van der Waals surface area contributed by atoms with Crippen molar-refractivity contribution in [1.29, 1.82) is 0 Å². The van der Waals surface area contributed by atoms with Gasteiger partial charge in [0.05, 0.1) is 6.61 Å². The van der Waals surface area contributed by atoms with E-state index in [2.05, 4.69) is 0 Å². The minimum absolute atomic E-state index is 0.125. The molecule has 1 aliphatic carbocycles. The number of benzene rings is 1. The van der Waals surface area contributed by atoms with Crippen molar-refractivity contribution in [2.75, 3.05) is 26.0 Å². The number of rotatable bonds is 6. The molecule has 0 heterocycles. The van der Waals surface area contributed by atoms with Crippen molar-refractivity contribution < 1.29 is 21.9 Å². The van der Waals surface area contributed by atoms with Gasteiger partial charge in [0.25, 0.3) is 0 Å². The van der Waals surface area contributed by atoms with E-state index in [0.717, 1.165) is 25.0 Å². The molecule has 1 aromatic rings. The molecule has 0 amide bonds. The molecule has 0 unspecified atom stereocenters. The van der Waals surface area contributed by atoms with Crippen LogP contribution in [0.25, 0.3) is 0 Å². The van der Waals surface area contributed by atoms with Gasteiger partial charge < -0.3 is 10.5 Å². The molecule has 0 radical (unpaired) electrons. The molecule has 0 aliphatic heterocycles. The van der Waals surface area contributed by atoms with Crippen molar-refractivity contribution in [3.63, 3.8) is 0 Å². The summed E-state index contributed by atoms with van der Waals surface area (Å²) < 4.78 is 58.0. The first-order valence-electron chi connectivity index (χ1n) is 6.14. The lowest BCUT2D eigenvalue weighted by Crippen LogP contribution is -2.36. The Morgan fingerprint density at radius 2 is 2.05 bits per heavy atom. The van der Waals surface area contributed by atoms with Gasteiger partial charge in [0.2, 0.25) is 10.0 Å². The highest BCUT2D eigenvalue weighted by Gasteiger charge is 2.39. The summed E-state index contributed by atoms with van der Waals surface area (Å²) in [7, 11) is -2.60. The number of nitrogens with two attached hydrogens (primary N) is 1. The van der Waals surface area contributed by atoms with E-state index in [-0.39, 0.29) is 19.2 Å². The Labute approximate surface area is 116 Å². The topological polar surface area (TPSA) is 72.6 Å². The Balaban J connectivity index is 2.40. The largest absolute Gasteiger partial charge is 0.394 e. The molecule has 1 saturated carbocycles. The summed E-state index contributed by atoms with van der Waals surface area (Å²) in [6.07, 6.45) is 1.45. The third-order valence-electron chi connectivity index (χ3n) is 3.15. The standard InChI is InChI=1S/C12H16F2N2O3S/c1-19-7-6-16(8-2-3-8)20(17,18)10-5-4-9(13)12(15)11(10)14/h4-5,8H,2-3,6-7,15H2,1H3. The van der Waals surface area contributed by atoms with E-state index in [1.165, 1.54) is 11.4 Å². The second-order valence-electron chi connectivity index (χ2n) is 4.61. The smallest absolute Gasteiger partial charge is 0.246 e. The number of hydrogen-bond donors (Lipinski definition) is 1. The van der Waals surface area contributed by atoms with E-state index < -0.39 is 32.2 Å². The molecule has 20 heavy (non-hydrogen) atoms.